The van der Waals surface area contributed by atoms with E-state index in [1.54, 1.807) is 12.4 Å². The molecule has 21 heavy (non-hydrogen) atoms. The molecule has 0 unspecified atom stereocenters. The quantitative estimate of drug-likeness (QED) is 0.775. The topological polar surface area (TPSA) is 61.0 Å². The van der Waals surface area contributed by atoms with Crippen LogP contribution in [0.5, 0.6) is 0 Å². The number of carbonyl (C=O) groups excluding carboxylic acids is 1. The number of hydrogen-bond acceptors (Lipinski definition) is 3. The molecular weight excluding hydrogens is 264 g/mol. The van der Waals surface area contributed by atoms with Gasteiger partial charge < -0.3 is 15.2 Å². The first-order valence-electron chi connectivity index (χ1n) is 6.66. The highest BCUT2D eigenvalue weighted by Gasteiger charge is 2.12. The van der Waals surface area contributed by atoms with Gasteiger partial charge in [0.2, 0.25) is 0 Å². The summed E-state index contributed by atoms with van der Waals surface area (Å²) in [5, 5.41) is 3.77. The van der Waals surface area contributed by atoms with Crippen LogP contribution in [-0.2, 0) is 0 Å². The molecule has 0 aliphatic carbocycles. The molecule has 106 valence electrons. The summed E-state index contributed by atoms with van der Waals surface area (Å²) in [6, 6.07) is 11.4. The number of benzene rings is 1. The van der Waals surface area contributed by atoms with Crippen LogP contribution in [0.1, 0.15) is 10.4 Å². The smallest absolute Gasteiger partial charge is 0.257 e. The number of nitrogens with one attached hydrogen (secondary N) is 2. The van der Waals surface area contributed by atoms with E-state index in [9.17, 15) is 4.79 Å². The molecule has 2 heterocycles. The van der Waals surface area contributed by atoms with Crippen molar-refractivity contribution in [3.63, 3.8) is 0 Å². The first-order chi connectivity index (χ1) is 10.1. The third-order valence-corrected chi connectivity index (χ3v) is 3.30. The molecule has 1 amide bonds. The molecule has 0 saturated carbocycles. The van der Waals surface area contributed by atoms with Crippen LogP contribution in [0.2, 0.25) is 0 Å². The first kappa shape index (κ1) is 13.2. The molecule has 0 aliphatic heterocycles. The molecule has 0 bridgehead atoms. The number of anilines is 2. The van der Waals surface area contributed by atoms with Crippen LogP contribution in [0.25, 0.3) is 10.9 Å². The third-order valence-electron chi connectivity index (χ3n) is 3.30. The van der Waals surface area contributed by atoms with E-state index in [1.807, 2.05) is 55.4 Å². The Morgan fingerprint density at radius 2 is 2.00 bits per heavy atom. The summed E-state index contributed by atoms with van der Waals surface area (Å²) in [6.07, 6.45) is 3.38. The maximum atomic E-state index is 12.3. The van der Waals surface area contributed by atoms with Crippen LogP contribution in [-0.4, -0.2) is 30.0 Å². The van der Waals surface area contributed by atoms with Crippen LogP contribution < -0.4 is 10.2 Å². The zero-order chi connectivity index (χ0) is 14.8. The molecule has 1 aromatic carbocycles. The average Bonchev–Trinajstić information content (AvgIpc) is 2.92. The Morgan fingerprint density at radius 3 is 2.71 bits per heavy atom. The van der Waals surface area contributed by atoms with E-state index in [-0.39, 0.29) is 5.91 Å². The minimum absolute atomic E-state index is 0.146. The normalized spacial score (nSPS) is 10.6. The predicted octanol–water partition coefficient (Wildman–Crippen LogP) is 2.88. The Balaban J connectivity index is 1.83. The van der Waals surface area contributed by atoms with Crippen LogP contribution in [0.3, 0.4) is 0 Å². The Labute approximate surface area is 122 Å². The number of rotatable bonds is 3. The van der Waals surface area contributed by atoms with Crippen molar-refractivity contribution in [1.82, 2.24) is 9.97 Å². The third kappa shape index (κ3) is 2.58. The summed E-state index contributed by atoms with van der Waals surface area (Å²) in [5.41, 5.74) is 2.25. The van der Waals surface area contributed by atoms with Crippen molar-refractivity contribution in [2.75, 3.05) is 24.3 Å². The highest BCUT2D eigenvalue weighted by molar-refractivity contribution is 6.12. The second-order valence-electron chi connectivity index (χ2n) is 5.00. The fourth-order valence-corrected chi connectivity index (χ4v) is 2.18. The zero-order valence-corrected chi connectivity index (χ0v) is 11.9. The summed E-state index contributed by atoms with van der Waals surface area (Å²) in [7, 11) is 3.85. The van der Waals surface area contributed by atoms with Crippen LogP contribution in [0.15, 0.2) is 48.8 Å². The second-order valence-corrected chi connectivity index (χ2v) is 5.00. The van der Waals surface area contributed by atoms with Crippen molar-refractivity contribution in [2.24, 2.45) is 0 Å². The molecular formula is C16H16N4O. The van der Waals surface area contributed by atoms with Crippen LogP contribution in [0, 0.1) is 0 Å². The van der Waals surface area contributed by atoms with Crippen molar-refractivity contribution in [3.8, 4) is 0 Å². The monoisotopic (exact) mass is 280 g/mol. The summed E-state index contributed by atoms with van der Waals surface area (Å²) < 4.78 is 0. The highest BCUT2D eigenvalue weighted by atomic mass is 16.1. The van der Waals surface area contributed by atoms with E-state index in [1.165, 1.54) is 0 Å². The van der Waals surface area contributed by atoms with Crippen molar-refractivity contribution in [3.05, 3.63) is 54.4 Å². The van der Waals surface area contributed by atoms with Gasteiger partial charge in [0.25, 0.3) is 5.91 Å². The minimum atomic E-state index is -0.146. The number of aromatic amines is 1. The van der Waals surface area contributed by atoms with Gasteiger partial charge in [-0.2, -0.15) is 0 Å². The van der Waals surface area contributed by atoms with Crippen molar-refractivity contribution in [2.45, 2.75) is 0 Å². The number of carbonyl (C=O) groups is 1. The van der Waals surface area contributed by atoms with Gasteiger partial charge in [-0.15, -0.1) is 0 Å². The SMILES string of the molecule is CN(C)c1ccc(NC(=O)c2c[nH]c3ccccc23)cn1. The van der Waals surface area contributed by atoms with Gasteiger partial charge in [-0.25, -0.2) is 4.98 Å². The summed E-state index contributed by atoms with van der Waals surface area (Å²) in [5.74, 6) is 0.701. The molecule has 0 radical (unpaired) electrons. The van der Waals surface area contributed by atoms with E-state index in [4.69, 9.17) is 0 Å². The minimum Gasteiger partial charge on any atom is -0.363 e. The first-order valence-corrected chi connectivity index (χ1v) is 6.66. The lowest BCUT2D eigenvalue weighted by Crippen LogP contribution is -2.13. The van der Waals surface area contributed by atoms with E-state index < -0.39 is 0 Å². The standard InChI is InChI=1S/C16H16N4O/c1-20(2)15-8-7-11(9-18-15)19-16(21)13-10-17-14-6-4-3-5-12(13)14/h3-10,17H,1-2H3,(H,19,21). The lowest BCUT2D eigenvalue weighted by molar-refractivity contribution is 0.102. The molecule has 0 aliphatic rings. The Hall–Kier alpha value is -2.82. The van der Waals surface area contributed by atoms with Gasteiger partial charge in [-0.05, 0) is 18.2 Å². The Bertz CT molecular complexity index is 774. The zero-order valence-electron chi connectivity index (χ0n) is 11.9. The number of aromatic nitrogens is 2. The van der Waals surface area contributed by atoms with Crippen molar-refractivity contribution in [1.29, 1.82) is 0 Å². The van der Waals surface area contributed by atoms with Gasteiger partial charge in [-0.1, -0.05) is 18.2 Å². The number of fused-ring (bicyclic) bond motifs is 1. The fraction of sp³-hybridized carbons (Fsp3) is 0.125. The maximum Gasteiger partial charge on any atom is 0.257 e. The molecule has 0 fully saturated rings. The van der Waals surface area contributed by atoms with E-state index >= 15 is 0 Å². The highest BCUT2D eigenvalue weighted by Crippen LogP contribution is 2.19. The number of amides is 1. The molecule has 2 N–H and O–H groups in total. The van der Waals surface area contributed by atoms with Gasteiger partial charge in [0.05, 0.1) is 17.4 Å². The van der Waals surface area contributed by atoms with E-state index in [0.717, 1.165) is 16.7 Å². The average molecular weight is 280 g/mol. The van der Waals surface area contributed by atoms with Crippen LogP contribution >= 0.6 is 0 Å². The Kier molecular flexibility index (Phi) is 3.31. The molecule has 0 saturated heterocycles. The number of nitrogens with zero attached hydrogens (tertiary/aromatic N) is 2. The van der Waals surface area contributed by atoms with Crippen LogP contribution in [0.4, 0.5) is 11.5 Å². The molecule has 5 heteroatoms. The van der Waals surface area contributed by atoms with E-state index in [0.29, 0.717) is 11.3 Å². The molecule has 2 aromatic heterocycles. The molecule has 0 atom stereocenters. The number of H-pyrrole nitrogens is 1. The molecule has 5 nitrogen and oxygen atoms in total. The van der Waals surface area contributed by atoms with Crippen molar-refractivity contribution >= 4 is 28.3 Å². The number of para-hydroxylation sites is 1. The van der Waals surface area contributed by atoms with Gasteiger partial charge in [0.1, 0.15) is 5.82 Å². The fourth-order valence-electron chi connectivity index (χ4n) is 2.18. The summed E-state index contributed by atoms with van der Waals surface area (Å²) >= 11 is 0. The Morgan fingerprint density at radius 1 is 1.19 bits per heavy atom. The van der Waals surface area contributed by atoms with Gasteiger partial charge in [0, 0.05) is 31.2 Å². The lowest BCUT2D eigenvalue weighted by atomic mass is 10.1. The van der Waals surface area contributed by atoms with Gasteiger partial charge in [0.15, 0.2) is 0 Å². The lowest BCUT2D eigenvalue weighted by Gasteiger charge is -2.11. The summed E-state index contributed by atoms with van der Waals surface area (Å²) in [4.78, 5) is 21.6. The largest absolute Gasteiger partial charge is 0.363 e. The van der Waals surface area contributed by atoms with Gasteiger partial charge in [-0.3, -0.25) is 4.79 Å². The number of hydrogen-bond donors (Lipinski definition) is 2. The molecule has 3 aromatic rings. The van der Waals surface area contributed by atoms with Gasteiger partial charge >= 0.3 is 0 Å². The van der Waals surface area contributed by atoms with E-state index in [2.05, 4.69) is 15.3 Å². The molecule has 3 rings (SSSR count). The molecule has 0 spiro atoms. The second kappa shape index (κ2) is 5.28. The number of pyridine rings is 1. The summed E-state index contributed by atoms with van der Waals surface area (Å²) in [6.45, 7) is 0. The predicted molar refractivity (Wildman–Crippen MR) is 84.8 cm³/mol. The maximum absolute atomic E-state index is 12.3. The van der Waals surface area contributed by atoms with Crippen molar-refractivity contribution < 1.29 is 4.79 Å².